The second-order valence-electron chi connectivity index (χ2n) is 12.8. The van der Waals surface area contributed by atoms with E-state index in [1.54, 1.807) is 0 Å². The molecule has 11 aromatic rings. The van der Waals surface area contributed by atoms with Crippen LogP contribution in [0.4, 0.5) is 0 Å². The van der Waals surface area contributed by atoms with Gasteiger partial charge in [0, 0.05) is 32.8 Å². The lowest BCUT2D eigenvalue weighted by molar-refractivity contribution is 0.673. The average Bonchev–Trinajstić information content (AvgIpc) is 3.68. The normalized spacial score (nSPS) is 12.0. The predicted octanol–water partition coefficient (Wildman–Crippen LogP) is 11.6. The average molecular weight is 639 g/mol. The van der Waals surface area contributed by atoms with Gasteiger partial charge in [0.25, 0.3) is 0 Å². The van der Waals surface area contributed by atoms with Crippen LogP contribution in [0.1, 0.15) is 0 Å². The zero-order chi connectivity index (χ0) is 32.8. The fourth-order valence-corrected chi connectivity index (χ4v) is 7.71. The summed E-state index contributed by atoms with van der Waals surface area (Å²) in [7, 11) is 0. The van der Waals surface area contributed by atoms with Gasteiger partial charge in [-0.2, -0.15) is 0 Å². The minimum Gasteiger partial charge on any atom is -0.454 e. The second-order valence-corrected chi connectivity index (χ2v) is 12.8. The molecule has 0 saturated heterocycles. The van der Waals surface area contributed by atoms with Crippen LogP contribution in [-0.4, -0.2) is 19.4 Å². The summed E-state index contributed by atoms with van der Waals surface area (Å²) in [6.45, 7) is 0. The lowest BCUT2D eigenvalue weighted by Gasteiger charge is -2.10. The van der Waals surface area contributed by atoms with E-state index in [-0.39, 0.29) is 0 Å². The van der Waals surface area contributed by atoms with Gasteiger partial charge in [0.2, 0.25) is 0 Å². The van der Waals surface area contributed by atoms with Crippen LogP contribution in [0.15, 0.2) is 162 Å². The SMILES string of the molecule is c1ccc(-c2nc(-c3ccccc3)nc(-c3cccc(-c4ccc5c(c4)c4oc6ccc7cccc8c9ccccc9n5c4c6c78)c3)n2)cc1. The molecule has 0 aliphatic heterocycles. The Morgan fingerprint density at radius 3 is 1.78 bits per heavy atom. The maximum Gasteiger partial charge on any atom is 0.164 e. The number of benzene rings is 7. The Bertz CT molecular complexity index is 3030. The van der Waals surface area contributed by atoms with Gasteiger partial charge in [0.1, 0.15) is 11.1 Å². The number of hydrogen-bond acceptors (Lipinski definition) is 4. The summed E-state index contributed by atoms with van der Waals surface area (Å²) >= 11 is 0. The number of nitrogens with zero attached hydrogens (tertiary/aromatic N) is 4. The van der Waals surface area contributed by atoms with Gasteiger partial charge >= 0.3 is 0 Å². The first-order valence-electron chi connectivity index (χ1n) is 16.8. The molecule has 0 fully saturated rings. The molecule has 0 amide bonds. The summed E-state index contributed by atoms with van der Waals surface area (Å²) in [4.78, 5) is 14.8. The molecule has 0 bridgehead atoms. The van der Waals surface area contributed by atoms with E-state index in [0.29, 0.717) is 17.5 Å². The Morgan fingerprint density at radius 2 is 1.00 bits per heavy atom. The summed E-state index contributed by atoms with van der Waals surface area (Å²) in [6.07, 6.45) is 0. The van der Waals surface area contributed by atoms with Crippen molar-refractivity contribution < 1.29 is 4.42 Å². The topological polar surface area (TPSA) is 56.2 Å². The molecule has 0 aliphatic carbocycles. The smallest absolute Gasteiger partial charge is 0.164 e. The van der Waals surface area contributed by atoms with Gasteiger partial charge in [-0.3, -0.25) is 0 Å². The third kappa shape index (κ3) is 3.92. The highest BCUT2D eigenvalue weighted by molar-refractivity contribution is 6.31. The molecule has 0 radical (unpaired) electrons. The van der Waals surface area contributed by atoms with Crippen LogP contribution in [0.2, 0.25) is 0 Å². The van der Waals surface area contributed by atoms with Crippen molar-refractivity contribution in [3.63, 3.8) is 0 Å². The van der Waals surface area contributed by atoms with Crippen molar-refractivity contribution in [3.05, 3.63) is 158 Å². The predicted molar refractivity (Wildman–Crippen MR) is 204 cm³/mol. The van der Waals surface area contributed by atoms with Crippen molar-refractivity contribution in [3.8, 4) is 45.3 Å². The van der Waals surface area contributed by atoms with Crippen LogP contribution in [-0.2, 0) is 0 Å². The molecule has 0 saturated carbocycles. The first kappa shape index (κ1) is 27.1. The number of aromatic nitrogens is 4. The van der Waals surface area contributed by atoms with Crippen molar-refractivity contribution in [2.45, 2.75) is 0 Å². The maximum atomic E-state index is 6.75. The van der Waals surface area contributed by atoms with E-state index in [2.05, 4.69) is 101 Å². The molecule has 4 aromatic heterocycles. The van der Waals surface area contributed by atoms with E-state index in [1.807, 2.05) is 60.7 Å². The molecule has 11 rings (SSSR count). The van der Waals surface area contributed by atoms with E-state index in [9.17, 15) is 0 Å². The van der Waals surface area contributed by atoms with Crippen LogP contribution in [0.25, 0.3) is 105 Å². The lowest BCUT2D eigenvalue weighted by atomic mass is 10.00. The standard InChI is InChI=1S/C45H26N4O/c1-3-11-28(12-4-1)43-46-44(29-13-5-2-6-14-29)48-45(47-43)32-17-9-16-30(25-32)31-21-23-37-35(26-31)42-41-40-38(50-42)24-22-27-15-10-19-34(39(27)40)33-18-7-8-20-36(33)49(37)41/h1-26H. The van der Waals surface area contributed by atoms with Crippen LogP contribution in [0.5, 0.6) is 0 Å². The summed E-state index contributed by atoms with van der Waals surface area (Å²) in [6, 6.07) is 54.9. The lowest BCUT2D eigenvalue weighted by Crippen LogP contribution is -2.00. The zero-order valence-corrected chi connectivity index (χ0v) is 26.7. The first-order chi connectivity index (χ1) is 24.8. The van der Waals surface area contributed by atoms with E-state index in [1.165, 1.54) is 26.9 Å². The number of rotatable bonds is 4. The van der Waals surface area contributed by atoms with Crippen molar-refractivity contribution in [2.24, 2.45) is 0 Å². The van der Waals surface area contributed by atoms with E-state index < -0.39 is 0 Å². The molecule has 5 nitrogen and oxygen atoms in total. The molecular formula is C45H26N4O. The van der Waals surface area contributed by atoms with Crippen molar-refractivity contribution in [1.82, 2.24) is 19.4 Å². The Hall–Kier alpha value is -6.85. The minimum absolute atomic E-state index is 0.632. The van der Waals surface area contributed by atoms with Gasteiger partial charge in [-0.1, -0.05) is 127 Å². The third-order valence-corrected chi connectivity index (χ3v) is 9.97. The van der Waals surface area contributed by atoms with Gasteiger partial charge in [-0.25, -0.2) is 15.0 Å². The molecule has 0 N–H and O–H groups in total. The Labute approximate surface area is 286 Å². The third-order valence-electron chi connectivity index (χ3n) is 9.97. The number of fused-ring (bicyclic) bond motifs is 6. The molecular weight excluding hydrogens is 613 g/mol. The van der Waals surface area contributed by atoms with Gasteiger partial charge in [0.05, 0.1) is 16.4 Å². The molecule has 5 heteroatoms. The van der Waals surface area contributed by atoms with Gasteiger partial charge < -0.3 is 8.82 Å². The molecule has 4 heterocycles. The summed E-state index contributed by atoms with van der Waals surface area (Å²) in [5.74, 6) is 1.92. The van der Waals surface area contributed by atoms with Gasteiger partial charge in [-0.15, -0.1) is 0 Å². The van der Waals surface area contributed by atoms with Crippen LogP contribution < -0.4 is 0 Å². The highest BCUT2D eigenvalue weighted by Crippen LogP contribution is 2.45. The minimum atomic E-state index is 0.632. The van der Waals surface area contributed by atoms with E-state index >= 15 is 0 Å². The van der Waals surface area contributed by atoms with Crippen LogP contribution in [0, 0.1) is 0 Å². The molecule has 7 aromatic carbocycles. The van der Waals surface area contributed by atoms with Crippen LogP contribution >= 0.6 is 0 Å². The number of hydrogen-bond donors (Lipinski definition) is 0. The van der Waals surface area contributed by atoms with Crippen LogP contribution in [0.3, 0.4) is 0 Å². The Balaban J connectivity index is 1.13. The van der Waals surface area contributed by atoms with Crippen molar-refractivity contribution in [2.75, 3.05) is 0 Å². The largest absolute Gasteiger partial charge is 0.454 e. The maximum absolute atomic E-state index is 6.75. The summed E-state index contributed by atoms with van der Waals surface area (Å²) in [5, 5.41) is 7.17. The summed E-state index contributed by atoms with van der Waals surface area (Å²) < 4.78 is 9.14. The molecule has 50 heavy (non-hydrogen) atoms. The van der Waals surface area contributed by atoms with Gasteiger partial charge in [0.15, 0.2) is 23.1 Å². The first-order valence-corrected chi connectivity index (χ1v) is 16.8. The number of para-hydroxylation sites is 1. The highest BCUT2D eigenvalue weighted by atomic mass is 16.3. The fourth-order valence-electron chi connectivity index (χ4n) is 7.71. The van der Waals surface area contributed by atoms with E-state index in [4.69, 9.17) is 19.4 Å². The molecule has 0 spiro atoms. The van der Waals surface area contributed by atoms with Crippen molar-refractivity contribution in [1.29, 1.82) is 0 Å². The monoisotopic (exact) mass is 638 g/mol. The zero-order valence-electron chi connectivity index (χ0n) is 26.7. The molecule has 0 unspecified atom stereocenters. The van der Waals surface area contributed by atoms with Crippen molar-refractivity contribution >= 4 is 60.0 Å². The summed E-state index contributed by atoms with van der Waals surface area (Å²) in [5.41, 5.74) is 10.2. The molecule has 232 valence electrons. The Morgan fingerprint density at radius 1 is 0.400 bits per heavy atom. The molecule has 0 atom stereocenters. The fraction of sp³-hybridized carbons (Fsp3) is 0. The molecule has 0 aliphatic rings. The van der Waals surface area contributed by atoms with Gasteiger partial charge in [-0.05, 0) is 52.2 Å². The second kappa shape index (κ2) is 10.3. The highest BCUT2D eigenvalue weighted by Gasteiger charge is 2.23. The van der Waals surface area contributed by atoms with E-state index in [0.717, 1.165) is 60.9 Å². The Kier molecular flexibility index (Phi) is 5.60. The quantitative estimate of drug-likeness (QED) is 0.192. The number of furan rings is 1.